The minimum absolute atomic E-state index is 0.0979. The predicted octanol–water partition coefficient (Wildman–Crippen LogP) is 2.99. The number of hydrogen-bond acceptors (Lipinski definition) is 6. The zero-order chi connectivity index (χ0) is 19.1. The summed E-state index contributed by atoms with van der Waals surface area (Å²) in [6.45, 7) is 5.34. The molecule has 1 fully saturated rings. The quantitative estimate of drug-likeness (QED) is 0.586. The number of amides is 1. The summed E-state index contributed by atoms with van der Waals surface area (Å²) in [6, 6.07) is 5.46. The molecule has 0 unspecified atom stereocenters. The number of methoxy groups -OCH3 is 1. The fourth-order valence-corrected chi connectivity index (χ4v) is 3.58. The number of ether oxygens (including phenoxy) is 2. The number of aryl methyl sites for hydroxylation is 1. The minimum atomic E-state index is -0.909. The van der Waals surface area contributed by atoms with Crippen molar-refractivity contribution in [2.75, 3.05) is 31.3 Å². The molecular weight excluding hydrogens is 372 g/mol. The van der Waals surface area contributed by atoms with E-state index in [0.29, 0.717) is 15.8 Å². The van der Waals surface area contributed by atoms with Crippen LogP contribution in [0.15, 0.2) is 18.2 Å². The van der Waals surface area contributed by atoms with E-state index in [1.54, 1.807) is 19.1 Å². The largest absolute Gasteiger partial charge is 0.495 e. The summed E-state index contributed by atoms with van der Waals surface area (Å²) in [7, 11) is 1.53. The van der Waals surface area contributed by atoms with Crippen LogP contribution in [0, 0.1) is 6.92 Å². The molecule has 0 spiro atoms. The highest BCUT2D eigenvalue weighted by Crippen LogP contribution is 2.25. The predicted molar refractivity (Wildman–Crippen MR) is 108 cm³/mol. The topological polar surface area (TPSA) is 67.9 Å². The zero-order valence-corrected chi connectivity index (χ0v) is 16.9. The zero-order valence-electron chi connectivity index (χ0n) is 15.2. The Morgan fingerprint density at radius 1 is 1.35 bits per heavy atom. The molecule has 1 N–H and O–H groups in total. The Morgan fingerprint density at radius 2 is 2.04 bits per heavy atom. The van der Waals surface area contributed by atoms with Gasteiger partial charge in [-0.05, 0) is 44.4 Å². The summed E-state index contributed by atoms with van der Waals surface area (Å²) in [6.07, 6.45) is 1.35. The van der Waals surface area contributed by atoms with E-state index in [-0.39, 0.29) is 5.75 Å². The fraction of sp³-hybridized carbons (Fsp3) is 0.500. The number of benzene rings is 1. The van der Waals surface area contributed by atoms with E-state index in [4.69, 9.17) is 21.7 Å². The highest BCUT2D eigenvalue weighted by molar-refractivity contribution is 8.23. The summed E-state index contributed by atoms with van der Waals surface area (Å²) in [5, 5.41) is 2.74. The molecule has 0 aromatic heterocycles. The van der Waals surface area contributed by atoms with E-state index in [1.165, 1.54) is 18.9 Å². The monoisotopic (exact) mass is 396 g/mol. The summed E-state index contributed by atoms with van der Waals surface area (Å²) >= 11 is 6.59. The van der Waals surface area contributed by atoms with Crippen LogP contribution in [0.1, 0.15) is 25.3 Å². The number of likely N-dealkylation sites (tertiary alicyclic amines) is 1. The number of carbonyl (C=O) groups is 2. The molecule has 1 aromatic rings. The van der Waals surface area contributed by atoms with E-state index in [1.807, 2.05) is 13.0 Å². The third kappa shape index (κ3) is 5.88. The number of rotatable bonds is 6. The van der Waals surface area contributed by atoms with Crippen molar-refractivity contribution in [3.05, 3.63) is 23.8 Å². The van der Waals surface area contributed by atoms with Gasteiger partial charge in [0.15, 0.2) is 6.10 Å². The van der Waals surface area contributed by atoms with Crippen LogP contribution in [0.2, 0.25) is 0 Å². The summed E-state index contributed by atoms with van der Waals surface area (Å²) in [4.78, 5) is 26.4. The molecule has 1 atom stereocenters. The maximum Gasteiger partial charge on any atom is 0.317 e. The van der Waals surface area contributed by atoms with Gasteiger partial charge in [-0.15, -0.1) is 0 Å². The van der Waals surface area contributed by atoms with Crippen molar-refractivity contribution in [3.8, 4) is 5.75 Å². The molecule has 26 heavy (non-hydrogen) atoms. The van der Waals surface area contributed by atoms with Gasteiger partial charge < -0.3 is 19.7 Å². The maximum absolute atomic E-state index is 12.3. The average molecular weight is 397 g/mol. The van der Waals surface area contributed by atoms with Crippen molar-refractivity contribution in [1.29, 1.82) is 0 Å². The van der Waals surface area contributed by atoms with Crippen molar-refractivity contribution >= 4 is 45.9 Å². The Balaban J connectivity index is 1.81. The van der Waals surface area contributed by atoms with E-state index >= 15 is 0 Å². The standard InChI is InChI=1S/C18H24N2O4S2/c1-12-6-7-15(23-3)14(10-12)19-17(22)13(2)24-16(21)11-26-18(25)20-8-4-5-9-20/h6-7,10,13H,4-5,8-9,11H2,1-3H3,(H,19,22)/t13-/m1/s1. The lowest BCUT2D eigenvalue weighted by atomic mass is 10.2. The molecule has 1 aliphatic rings. The van der Waals surface area contributed by atoms with Gasteiger partial charge >= 0.3 is 5.97 Å². The lowest BCUT2D eigenvalue weighted by Gasteiger charge is -2.18. The van der Waals surface area contributed by atoms with Gasteiger partial charge in [-0.25, -0.2) is 0 Å². The van der Waals surface area contributed by atoms with Crippen LogP contribution in [0.5, 0.6) is 5.75 Å². The van der Waals surface area contributed by atoms with Crippen LogP contribution in [0.3, 0.4) is 0 Å². The Labute approximate surface area is 163 Å². The van der Waals surface area contributed by atoms with Gasteiger partial charge in [0, 0.05) is 13.1 Å². The van der Waals surface area contributed by atoms with Gasteiger partial charge in [0.25, 0.3) is 5.91 Å². The lowest BCUT2D eigenvalue weighted by molar-refractivity contribution is -0.150. The molecule has 0 radical (unpaired) electrons. The molecule has 0 aliphatic carbocycles. The fourth-order valence-electron chi connectivity index (χ4n) is 2.55. The third-order valence-corrected chi connectivity index (χ3v) is 5.46. The van der Waals surface area contributed by atoms with E-state index in [9.17, 15) is 9.59 Å². The van der Waals surface area contributed by atoms with Gasteiger partial charge in [-0.2, -0.15) is 0 Å². The second-order valence-electron chi connectivity index (χ2n) is 6.07. The SMILES string of the molecule is COc1ccc(C)cc1NC(=O)[C@@H](C)OC(=O)CSC(=S)N1CCCC1. The van der Waals surface area contributed by atoms with Crippen LogP contribution in [-0.4, -0.2) is 53.2 Å². The van der Waals surface area contributed by atoms with Crippen LogP contribution >= 0.6 is 24.0 Å². The van der Waals surface area contributed by atoms with Crippen LogP contribution < -0.4 is 10.1 Å². The maximum atomic E-state index is 12.3. The molecule has 6 nitrogen and oxygen atoms in total. The average Bonchev–Trinajstić information content (AvgIpc) is 3.14. The molecule has 1 amide bonds. The third-order valence-electron chi connectivity index (χ3n) is 3.97. The number of thiocarbonyl (C=S) groups is 1. The van der Waals surface area contributed by atoms with Gasteiger partial charge in [0.2, 0.25) is 0 Å². The molecule has 1 aliphatic heterocycles. The Kier molecular flexibility index (Phi) is 7.71. The van der Waals surface area contributed by atoms with Crippen molar-refractivity contribution in [2.24, 2.45) is 0 Å². The minimum Gasteiger partial charge on any atom is -0.495 e. The molecule has 1 heterocycles. The van der Waals surface area contributed by atoms with Crippen molar-refractivity contribution in [2.45, 2.75) is 32.8 Å². The van der Waals surface area contributed by atoms with Crippen LogP contribution in [0.4, 0.5) is 5.69 Å². The first kappa shape index (κ1) is 20.5. The first-order chi connectivity index (χ1) is 12.4. The normalized spacial score (nSPS) is 14.7. The van der Waals surface area contributed by atoms with Crippen LogP contribution in [-0.2, 0) is 14.3 Å². The van der Waals surface area contributed by atoms with Crippen molar-refractivity contribution in [3.63, 3.8) is 0 Å². The summed E-state index contributed by atoms with van der Waals surface area (Å²) < 4.78 is 11.2. The lowest BCUT2D eigenvalue weighted by Crippen LogP contribution is -2.31. The molecule has 8 heteroatoms. The van der Waals surface area contributed by atoms with E-state index in [0.717, 1.165) is 31.5 Å². The second kappa shape index (κ2) is 9.78. The molecular formula is C18H24N2O4S2. The van der Waals surface area contributed by atoms with Crippen molar-refractivity contribution in [1.82, 2.24) is 4.90 Å². The highest BCUT2D eigenvalue weighted by atomic mass is 32.2. The first-order valence-corrected chi connectivity index (χ1v) is 9.86. The molecule has 1 aromatic carbocycles. The molecule has 1 saturated heterocycles. The van der Waals surface area contributed by atoms with E-state index in [2.05, 4.69) is 10.2 Å². The Morgan fingerprint density at radius 3 is 2.69 bits per heavy atom. The Hall–Kier alpha value is -1.80. The second-order valence-corrected chi connectivity index (χ2v) is 7.68. The number of carbonyl (C=O) groups excluding carboxylic acids is 2. The van der Waals surface area contributed by atoms with Gasteiger partial charge in [0.1, 0.15) is 10.1 Å². The van der Waals surface area contributed by atoms with Gasteiger partial charge in [0.05, 0.1) is 18.6 Å². The molecule has 0 saturated carbocycles. The number of thioether (sulfide) groups is 1. The Bertz CT molecular complexity index is 675. The number of esters is 1. The number of nitrogens with zero attached hydrogens (tertiary/aromatic N) is 1. The van der Waals surface area contributed by atoms with E-state index < -0.39 is 18.0 Å². The number of hydrogen-bond donors (Lipinski definition) is 1. The first-order valence-electron chi connectivity index (χ1n) is 8.47. The van der Waals surface area contributed by atoms with Crippen LogP contribution in [0.25, 0.3) is 0 Å². The van der Waals surface area contributed by atoms with Gasteiger partial charge in [-0.1, -0.05) is 30.0 Å². The molecule has 2 rings (SSSR count). The molecule has 0 bridgehead atoms. The summed E-state index contributed by atoms with van der Waals surface area (Å²) in [5.74, 6) is -0.223. The highest BCUT2D eigenvalue weighted by Gasteiger charge is 2.21. The van der Waals surface area contributed by atoms with Crippen molar-refractivity contribution < 1.29 is 19.1 Å². The smallest absolute Gasteiger partial charge is 0.317 e. The number of anilines is 1. The number of nitrogens with one attached hydrogen (secondary N) is 1. The molecule has 142 valence electrons. The van der Waals surface area contributed by atoms with Gasteiger partial charge in [-0.3, -0.25) is 9.59 Å². The summed E-state index contributed by atoms with van der Waals surface area (Å²) in [5.41, 5.74) is 1.53.